The highest BCUT2D eigenvalue weighted by molar-refractivity contribution is 4.74. The molecule has 3 rings (SSSR count). The highest BCUT2D eigenvalue weighted by Crippen LogP contribution is 2.22. The molecule has 2 atom stereocenters. The molecular formula is C7H12O2. The first kappa shape index (κ1) is 5.69. The van der Waals surface area contributed by atoms with Crippen LogP contribution in [0, 0.1) is 0 Å². The fraction of sp³-hybridized carbons (Fsp3) is 1.00. The lowest BCUT2D eigenvalue weighted by Gasteiger charge is -2.22. The maximum absolute atomic E-state index is 5.48. The van der Waals surface area contributed by atoms with Crippen LogP contribution in [0.25, 0.3) is 0 Å². The first-order chi connectivity index (χ1) is 4.45. The van der Waals surface area contributed by atoms with Crippen molar-refractivity contribution in [2.75, 3.05) is 13.2 Å². The minimum Gasteiger partial charge on any atom is -0.376 e. The second-order valence-corrected chi connectivity index (χ2v) is 2.81. The molecule has 0 aromatic rings. The lowest BCUT2D eigenvalue weighted by atomic mass is 10.1. The van der Waals surface area contributed by atoms with Crippen molar-refractivity contribution in [1.29, 1.82) is 0 Å². The maximum Gasteiger partial charge on any atom is 0.0809 e. The van der Waals surface area contributed by atoms with E-state index in [4.69, 9.17) is 9.47 Å². The van der Waals surface area contributed by atoms with Gasteiger partial charge in [-0.25, -0.2) is 0 Å². The monoisotopic (exact) mass is 128 g/mol. The Morgan fingerprint density at radius 2 is 1.78 bits per heavy atom. The zero-order valence-corrected chi connectivity index (χ0v) is 5.51. The molecule has 52 valence electrons. The molecule has 2 bridgehead atoms. The van der Waals surface area contributed by atoms with Gasteiger partial charge in [0.15, 0.2) is 0 Å². The van der Waals surface area contributed by atoms with E-state index < -0.39 is 0 Å². The molecule has 0 radical (unpaired) electrons. The Hall–Kier alpha value is -0.0800. The lowest BCUT2D eigenvalue weighted by Crippen LogP contribution is -2.25. The smallest absolute Gasteiger partial charge is 0.0809 e. The molecule has 3 fully saturated rings. The van der Waals surface area contributed by atoms with Crippen molar-refractivity contribution in [1.82, 2.24) is 0 Å². The van der Waals surface area contributed by atoms with E-state index in [1.807, 2.05) is 0 Å². The summed E-state index contributed by atoms with van der Waals surface area (Å²) in [7, 11) is 0. The molecule has 2 nitrogen and oxygen atoms in total. The predicted molar refractivity (Wildman–Crippen MR) is 33.3 cm³/mol. The summed E-state index contributed by atoms with van der Waals surface area (Å²) in [4.78, 5) is 0. The quantitative estimate of drug-likeness (QED) is 0.483. The van der Waals surface area contributed by atoms with Crippen LogP contribution in [0.15, 0.2) is 0 Å². The molecule has 2 unspecified atom stereocenters. The van der Waals surface area contributed by atoms with Crippen molar-refractivity contribution >= 4 is 0 Å². The van der Waals surface area contributed by atoms with E-state index in [9.17, 15) is 0 Å². The fourth-order valence-corrected chi connectivity index (χ4v) is 1.51. The van der Waals surface area contributed by atoms with Gasteiger partial charge >= 0.3 is 0 Å². The van der Waals surface area contributed by atoms with Crippen molar-refractivity contribution < 1.29 is 9.47 Å². The highest BCUT2D eigenvalue weighted by atomic mass is 16.5. The molecule has 2 heteroatoms. The van der Waals surface area contributed by atoms with Crippen molar-refractivity contribution in [2.45, 2.75) is 31.5 Å². The van der Waals surface area contributed by atoms with Crippen LogP contribution in [0.5, 0.6) is 0 Å². The number of hydrogen-bond donors (Lipinski definition) is 0. The van der Waals surface area contributed by atoms with E-state index in [0.29, 0.717) is 12.2 Å². The Bertz CT molecular complexity index is 77.6. The van der Waals surface area contributed by atoms with E-state index >= 15 is 0 Å². The first-order valence-corrected chi connectivity index (χ1v) is 3.68. The van der Waals surface area contributed by atoms with Crippen molar-refractivity contribution in [3.63, 3.8) is 0 Å². The third kappa shape index (κ3) is 1.10. The molecule has 0 aromatic heterocycles. The third-order valence-electron chi connectivity index (χ3n) is 2.12. The molecule has 0 spiro atoms. The third-order valence-corrected chi connectivity index (χ3v) is 2.12. The Morgan fingerprint density at radius 1 is 0.889 bits per heavy atom. The van der Waals surface area contributed by atoms with Gasteiger partial charge in [0, 0.05) is 6.61 Å². The highest BCUT2D eigenvalue weighted by Gasteiger charge is 2.25. The Balaban J connectivity index is 2.03. The molecule has 0 amide bonds. The van der Waals surface area contributed by atoms with Crippen molar-refractivity contribution in [2.24, 2.45) is 0 Å². The van der Waals surface area contributed by atoms with Crippen LogP contribution < -0.4 is 0 Å². The van der Waals surface area contributed by atoms with E-state index in [-0.39, 0.29) is 0 Å². The largest absolute Gasteiger partial charge is 0.376 e. The number of fused-ring (bicyclic) bond motifs is 4. The number of ether oxygens (including phenoxy) is 2. The van der Waals surface area contributed by atoms with Gasteiger partial charge in [-0.3, -0.25) is 0 Å². The molecule has 0 aromatic carbocycles. The van der Waals surface area contributed by atoms with Crippen LogP contribution in [-0.4, -0.2) is 25.4 Å². The number of rotatable bonds is 0. The molecule has 0 saturated carbocycles. The van der Waals surface area contributed by atoms with Crippen molar-refractivity contribution in [3.05, 3.63) is 0 Å². The van der Waals surface area contributed by atoms with Crippen LogP contribution in [0.1, 0.15) is 19.3 Å². The minimum absolute atomic E-state index is 0.420. The van der Waals surface area contributed by atoms with E-state index in [1.165, 1.54) is 12.8 Å². The summed E-state index contributed by atoms with van der Waals surface area (Å²) in [5, 5.41) is 0. The summed E-state index contributed by atoms with van der Waals surface area (Å²) < 4.78 is 10.9. The average molecular weight is 128 g/mol. The number of hydrogen-bond acceptors (Lipinski definition) is 2. The van der Waals surface area contributed by atoms with E-state index in [2.05, 4.69) is 0 Å². The molecular weight excluding hydrogens is 116 g/mol. The summed E-state index contributed by atoms with van der Waals surface area (Å²) in [6.07, 6.45) is 4.47. The lowest BCUT2D eigenvalue weighted by molar-refractivity contribution is -0.0360. The van der Waals surface area contributed by atoms with Crippen LogP contribution in [0.2, 0.25) is 0 Å². The summed E-state index contributed by atoms with van der Waals surface area (Å²) in [5.74, 6) is 0. The van der Waals surface area contributed by atoms with E-state index in [0.717, 1.165) is 19.6 Å². The van der Waals surface area contributed by atoms with Crippen LogP contribution in [0.3, 0.4) is 0 Å². The minimum atomic E-state index is 0.420. The first-order valence-electron chi connectivity index (χ1n) is 3.68. The topological polar surface area (TPSA) is 18.5 Å². The molecule has 0 aliphatic carbocycles. The molecule has 0 N–H and O–H groups in total. The predicted octanol–water partition coefficient (Wildman–Crippen LogP) is 0.954. The molecule has 3 aliphatic heterocycles. The van der Waals surface area contributed by atoms with Gasteiger partial charge in [0.1, 0.15) is 0 Å². The van der Waals surface area contributed by atoms with Gasteiger partial charge in [-0.15, -0.1) is 0 Å². The standard InChI is InChI=1S/C7H12O2/c1-2-7-5-9-6(1)3-4-8-7/h6-7H,1-5H2. The fourth-order valence-electron chi connectivity index (χ4n) is 1.51. The second-order valence-electron chi connectivity index (χ2n) is 2.81. The summed E-state index contributed by atoms with van der Waals surface area (Å²) in [5.41, 5.74) is 0. The second kappa shape index (κ2) is 2.27. The summed E-state index contributed by atoms with van der Waals surface area (Å²) in [6, 6.07) is 0. The molecule has 3 saturated heterocycles. The van der Waals surface area contributed by atoms with Gasteiger partial charge in [-0.05, 0) is 19.3 Å². The Labute approximate surface area is 55.1 Å². The van der Waals surface area contributed by atoms with Crippen LogP contribution >= 0.6 is 0 Å². The SMILES string of the molecule is C1CC2CCC(CO2)O1. The molecule has 9 heavy (non-hydrogen) atoms. The van der Waals surface area contributed by atoms with Gasteiger partial charge in [-0.2, -0.15) is 0 Å². The van der Waals surface area contributed by atoms with Gasteiger partial charge in [0.05, 0.1) is 18.8 Å². The van der Waals surface area contributed by atoms with Crippen LogP contribution in [-0.2, 0) is 9.47 Å². The maximum atomic E-state index is 5.48. The zero-order valence-electron chi connectivity index (χ0n) is 5.51. The van der Waals surface area contributed by atoms with Crippen molar-refractivity contribution in [3.8, 4) is 0 Å². The summed E-state index contributed by atoms with van der Waals surface area (Å²) >= 11 is 0. The van der Waals surface area contributed by atoms with Crippen LogP contribution in [0.4, 0.5) is 0 Å². The molecule has 3 heterocycles. The van der Waals surface area contributed by atoms with E-state index in [1.54, 1.807) is 0 Å². The van der Waals surface area contributed by atoms with Gasteiger partial charge in [-0.1, -0.05) is 0 Å². The average Bonchev–Trinajstić information content (AvgIpc) is 2.21. The molecule has 3 aliphatic rings. The van der Waals surface area contributed by atoms with Gasteiger partial charge in [0.2, 0.25) is 0 Å². The van der Waals surface area contributed by atoms with Gasteiger partial charge in [0.25, 0.3) is 0 Å². The van der Waals surface area contributed by atoms with Gasteiger partial charge < -0.3 is 9.47 Å². The normalized spacial score (nSPS) is 42.7. The summed E-state index contributed by atoms with van der Waals surface area (Å²) in [6.45, 7) is 1.75. The Morgan fingerprint density at radius 3 is 2.56 bits per heavy atom. The zero-order chi connectivity index (χ0) is 6.10. The Kier molecular flexibility index (Phi) is 1.44.